The number of rotatable bonds is 5. The van der Waals surface area contributed by atoms with Crippen LogP contribution in [0.2, 0.25) is 0 Å². The molecule has 0 aromatic heterocycles. The van der Waals surface area contributed by atoms with Crippen molar-refractivity contribution in [3.63, 3.8) is 0 Å². The van der Waals surface area contributed by atoms with Crippen LogP contribution in [0.4, 0.5) is 0 Å². The van der Waals surface area contributed by atoms with E-state index in [4.69, 9.17) is 0 Å². The number of piperazine rings is 1. The molecule has 1 aliphatic heterocycles. The van der Waals surface area contributed by atoms with Crippen LogP contribution in [-0.2, 0) is 24.1 Å². The minimum Gasteiger partial charge on any atom is -0.338 e. The largest absolute Gasteiger partial charge is 0.338 e. The van der Waals surface area contributed by atoms with Crippen LogP contribution in [0.25, 0.3) is 0 Å². The molecule has 0 radical (unpaired) electrons. The van der Waals surface area contributed by atoms with E-state index in [1.54, 1.807) is 0 Å². The fourth-order valence-corrected chi connectivity index (χ4v) is 4.75. The van der Waals surface area contributed by atoms with Gasteiger partial charge in [0.05, 0.1) is 0 Å². The topological polar surface area (TPSA) is 35.6 Å². The standard InChI is InChI=1S/C24H31N3O/c1-19-18-27(15-13-25-19)23(28)24(16-21-10-6-7-11-22(21)17-24)26(2)14-12-20-8-4-3-5-9-20/h3-11,19,25H,12-18H2,1-2H3/t19-/m1/s1. The zero-order valence-electron chi connectivity index (χ0n) is 17.0. The molecular weight excluding hydrogens is 346 g/mol. The lowest BCUT2D eigenvalue weighted by molar-refractivity contribution is -0.144. The number of carbonyl (C=O) groups is 1. The second-order valence-electron chi connectivity index (χ2n) is 8.42. The number of nitrogens with zero attached hydrogens (tertiary/aromatic N) is 2. The highest BCUT2D eigenvalue weighted by Gasteiger charge is 2.49. The third-order valence-electron chi connectivity index (χ3n) is 6.45. The summed E-state index contributed by atoms with van der Waals surface area (Å²) in [6.45, 7) is 5.51. The van der Waals surface area contributed by atoms with Crippen LogP contribution in [0.3, 0.4) is 0 Å². The van der Waals surface area contributed by atoms with Crippen molar-refractivity contribution in [2.45, 2.75) is 37.8 Å². The molecule has 0 spiro atoms. The molecule has 4 rings (SSSR count). The van der Waals surface area contributed by atoms with Gasteiger partial charge in [0.1, 0.15) is 5.54 Å². The number of benzene rings is 2. The maximum absolute atomic E-state index is 13.8. The lowest BCUT2D eigenvalue weighted by atomic mass is 9.90. The van der Waals surface area contributed by atoms with E-state index in [2.05, 4.69) is 83.7 Å². The van der Waals surface area contributed by atoms with Gasteiger partial charge in [-0.25, -0.2) is 0 Å². The summed E-state index contributed by atoms with van der Waals surface area (Å²) in [5, 5.41) is 3.46. The van der Waals surface area contributed by atoms with Gasteiger partial charge in [-0.15, -0.1) is 0 Å². The Bertz CT molecular complexity index is 795. The third kappa shape index (κ3) is 3.71. The molecule has 0 bridgehead atoms. The summed E-state index contributed by atoms with van der Waals surface area (Å²) in [4.78, 5) is 18.3. The monoisotopic (exact) mass is 377 g/mol. The van der Waals surface area contributed by atoms with E-state index in [1.165, 1.54) is 16.7 Å². The third-order valence-corrected chi connectivity index (χ3v) is 6.45. The Hall–Kier alpha value is -2.17. The molecule has 0 unspecified atom stereocenters. The van der Waals surface area contributed by atoms with Crippen molar-refractivity contribution in [2.75, 3.05) is 33.2 Å². The van der Waals surface area contributed by atoms with Crippen LogP contribution < -0.4 is 5.32 Å². The average Bonchev–Trinajstić information content (AvgIpc) is 3.13. The Labute approximate surface area is 168 Å². The lowest BCUT2D eigenvalue weighted by Crippen LogP contribution is -2.63. The van der Waals surface area contributed by atoms with Crippen molar-refractivity contribution in [3.8, 4) is 0 Å². The maximum Gasteiger partial charge on any atom is 0.243 e. The van der Waals surface area contributed by atoms with Crippen molar-refractivity contribution >= 4 is 5.91 Å². The molecule has 2 aromatic rings. The van der Waals surface area contributed by atoms with Gasteiger partial charge >= 0.3 is 0 Å². The number of hydrogen-bond donors (Lipinski definition) is 1. The number of nitrogens with one attached hydrogen (secondary N) is 1. The van der Waals surface area contributed by atoms with Crippen molar-refractivity contribution in [1.29, 1.82) is 0 Å². The van der Waals surface area contributed by atoms with Gasteiger partial charge in [0, 0.05) is 45.1 Å². The normalized spacial score (nSPS) is 21.0. The van der Waals surface area contributed by atoms with Crippen molar-refractivity contribution < 1.29 is 4.79 Å². The number of carbonyl (C=O) groups excluding carboxylic acids is 1. The maximum atomic E-state index is 13.8. The molecule has 4 nitrogen and oxygen atoms in total. The Kier molecular flexibility index (Phi) is 5.51. The highest BCUT2D eigenvalue weighted by atomic mass is 16.2. The van der Waals surface area contributed by atoms with Gasteiger partial charge in [-0.2, -0.15) is 0 Å². The lowest BCUT2D eigenvalue weighted by Gasteiger charge is -2.43. The Balaban J connectivity index is 1.58. The predicted octanol–water partition coefficient (Wildman–Crippen LogP) is 2.52. The fourth-order valence-electron chi connectivity index (χ4n) is 4.75. The minimum absolute atomic E-state index is 0.299. The Morgan fingerprint density at radius 3 is 2.39 bits per heavy atom. The van der Waals surface area contributed by atoms with Gasteiger partial charge in [-0.1, -0.05) is 54.6 Å². The van der Waals surface area contributed by atoms with Crippen LogP contribution in [0.5, 0.6) is 0 Å². The Morgan fingerprint density at radius 1 is 1.11 bits per heavy atom. The molecular formula is C24H31N3O. The predicted molar refractivity (Wildman–Crippen MR) is 113 cm³/mol. The zero-order chi connectivity index (χ0) is 19.6. The number of hydrogen-bond acceptors (Lipinski definition) is 3. The molecule has 1 heterocycles. The zero-order valence-corrected chi connectivity index (χ0v) is 17.0. The molecule has 1 N–H and O–H groups in total. The molecule has 28 heavy (non-hydrogen) atoms. The second-order valence-corrected chi connectivity index (χ2v) is 8.42. The summed E-state index contributed by atoms with van der Waals surface area (Å²) >= 11 is 0. The van der Waals surface area contributed by atoms with E-state index in [-0.39, 0.29) is 0 Å². The first-order valence-electron chi connectivity index (χ1n) is 10.4. The first-order valence-corrected chi connectivity index (χ1v) is 10.4. The van der Waals surface area contributed by atoms with Gasteiger partial charge in [-0.05, 0) is 37.1 Å². The van der Waals surface area contributed by atoms with Crippen molar-refractivity contribution in [2.24, 2.45) is 0 Å². The molecule has 1 amide bonds. The van der Waals surface area contributed by atoms with Crippen LogP contribution in [0.15, 0.2) is 54.6 Å². The highest BCUT2D eigenvalue weighted by molar-refractivity contribution is 5.88. The molecule has 2 aromatic carbocycles. The number of likely N-dealkylation sites (N-methyl/N-ethyl adjacent to an activating group) is 1. The van der Waals surface area contributed by atoms with E-state index in [0.717, 1.165) is 45.4 Å². The van der Waals surface area contributed by atoms with Crippen LogP contribution in [0, 0.1) is 0 Å². The number of amides is 1. The van der Waals surface area contributed by atoms with Gasteiger partial charge < -0.3 is 10.2 Å². The molecule has 0 saturated carbocycles. The van der Waals surface area contributed by atoms with Gasteiger partial charge in [0.15, 0.2) is 0 Å². The number of fused-ring (bicyclic) bond motifs is 1. The van der Waals surface area contributed by atoms with Crippen LogP contribution in [-0.4, -0.2) is 60.5 Å². The van der Waals surface area contributed by atoms with Gasteiger partial charge in [0.25, 0.3) is 0 Å². The minimum atomic E-state index is -0.463. The molecule has 1 atom stereocenters. The first-order chi connectivity index (χ1) is 13.6. The summed E-state index contributed by atoms with van der Waals surface area (Å²) < 4.78 is 0. The van der Waals surface area contributed by atoms with Gasteiger partial charge in [-0.3, -0.25) is 9.69 Å². The molecule has 1 aliphatic carbocycles. The van der Waals surface area contributed by atoms with Crippen molar-refractivity contribution in [3.05, 3.63) is 71.3 Å². The van der Waals surface area contributed by atoms with E-state index >= 15 is 0 Å². The van der Waals surface area contributed by atoms with Crippen LogP contribution >= 0.6 is 0 Å². The molecule has 1 fully saturated rings. The van der Waals surface area contributed by atoms with E-state index in [0.29, 0.717) is 11.9 Å². The van der Waals surface area contributed by atoms with E-state index in [9.17, 15) is 4.79 Å². The molecule has 1 saturated heterocycles. The van der Waals surface area contributed by atoms with Crippen LogP contribution in [0.1, 0.15) is 23.6 Å². The van der Waals surface area contributed by atoms with E-state index in [1.807, 2.05) is 0 Å². The quantitative estimate of drug-likeness (QED) is 0.870. The molecule has 2 aliphatic rings. The summed E-state index contributed by atoms with van der Waals surface area (Å²) in [6.07, 6.45) is 2.58. The molecule has 4 heteroatoms. The summed E-state index contributed by atoms with van der Waals surface area (Å²) in [6, 6.07) is 19.5. The summed E-state index contributed by atoms with van der Waals surface area (Å²) in [5.41, 5.74) is 3.51. The molecule has 148 valence electrons. The van der Waals surface area contributed by atoms with E-state index < -0.39 is 5.54 Å². The fraction of sp³-hybridized carbons (Fsp3) is 0.458. The Morgan fingerprint density at radius 2 is 1.75 bits per heavy atom. The van der Waals surface area contributed by atoms with Crippen molar-refractivity contribution in [1.82, 2.24) is 15.1 Å². The highest BCUT2D eigenvalue weighted by Crippen LogP contribution is 2.36. The summed E-state index contributed by atoms with van der Waals surface area (Å²) in [7, 11) is 2.14. The smallest absolute Gasteiger partial charge is 0.243 e. The first kappa shape index (κ1) is 19.2. The summed E-state index contributed by atoms with van der Waals surface area (Å²) in [5.74, 6) is 0.299. The van der Waals surface area contributed by atoms with Gasteiger partial charge in [0.2, 0.25) is 5.91 Å². The average molecular weight is 378 g/mol. The second kappa shape index (κ2) is 8.06. The SMILES string of the molecule is C[C@@H]1CN(C(=O)C2(N(C)CCc3ccccc3)Cc3ccccc3C2)CCN1.